The maximum atomic E-state index is 12.9. The molecule has 3 N–H and O–H groups in total. The minimum atomic E-state index is -0.935. The van der Waals surface area contributed by atoms with E-state index in [1.807, 2.05) is 44.2 Å². The van der Waals surface area contributed by atoms with Crippen LogP contribution in [0.15, 0.2) is 30.3 Å². The van der Waals surface area contributed by atoms with Crippen LogP contribution in [-0.4, -0.2) is 94.3 Å². The molecule has 0 radical (unpaired) electrons. The van der Waals surface area contributed by atoms with E-state index in [2.05, 4.69) is 15.6 Å². The lowest BCUT2D eigenvalue weighted by Crippen LogP contribution is -2.66. The van der Waals surface area contributed by atoms with Crippen LogP contribution >= 0.6 is 0 Å². The second-order valence-corrected chi connectivity index (χ2v) is 10.1. The van der Waals surface area contributed by atoms with Gasteiger partial charge in [0, 0.05) is 38.8 Å². The predicted octanol–water partition coefficient (Wildman–Crippen LogP) is 1.31. The summed E-state index contributed by atoms with van der Waals surface area (Å²) in [6, 6.07) is 8.97. The second kappa shape index (κ2) is 15.4. The maximum absolute atomic E-state index is 12.9. The Morgan fingerprint density at radius 1 is 1.15 bits per heavy atom. The molecule has 2 fully saturated rings. The third-order valence-electron chi connectivity index (χ3n) is 6.66. The van der Waals surface area contributed by atoms with Gasteiger partial charge in [0.2, 0.25) is 12.5 Å². The first-order chi connectivity index (χ1) is 18.5. The van der Waals surface area contributed by atoms with Crippen LogP contribution in [-0.2, 0) is 30.5 Å². The van der Waals surface area contributed by atoms with E-state index in [0.717, 1.165) is 5.56 Å². The lowest BCUT2D eigenvalue weighted by Gasteiger charge is -2.47. The van der Waals surface area contributed by atoms with Gasteiger partial charge in [0.1, 0.15) is 16.5 Å². The highest BCUT2D eigenvalue weighted by atomic mass is 16.8. The van der Waals surface area contributed by atoms with Crippen LogP contribution in [0.1, 0.15) is 59.4 Å². The quantitative estimate of drug-likeness (QED) is 0.275. The Morgan fingerprint density at radius 2 is 1.79 bits per heavy atom. The van der Waals surface area contributed by atoms with Gasteiger partial charge in [-0.05, 0) is 45.6 Å². The van der Waals surface area contributed by atoms with E-state index in [4.69, 9.17) is 14.7 Å². The van der Waals surface area contributed by atoms with Crippen LogP contribution < -0.4 is 10.7 Å². The topological polar surface area (TPSA) is 141 Å². The first-order valence-electron chi connectivity index (χ1n) is 13.6. The molecule has 0 aromatic heterocycles. The van der Waals surface area contributed by atoms with Gasteiger partial charge in [-0.2, -0.15) is 4.84 Å². The number of hydrogen-bond donors (Lipinski definition) is 3. The molecule has 1 aromatic rings. The normalized spacial score (nSPS) is 19.8. The van der Waals surface area contributed by atoms with Gasteiger partial charge in [-0.1, -0.05) is 49.6 Å². The van der Waals surface area contributed by atoms with Crippen LogP contribution in [0.4, 0.5) is 0 Å². The molecule has 0 bridgehead atoms. The number of nitrogens with one attached hydrogen (secondary N) is 2. The molecule has 39 heavy (non-hydrogen) atoms. The summed E-state index contributed by atoms with van der Waals surface area (Å²) >= 11 is 0. The molecular formula is C27H44N5O7+. The van der Waals surface area contributed by atoms with Gasteiger partial charge in [0.25, 0.3) is 5.91 Å². The zero-order valence-electron chi connectivity index (χ0n) is 23.7. The van der Waals surface area contributed by atoms with Crippen molar-refractivity contribution in [3.63, 3.8) is 0 Å². The van der Waals surface area contributed by atoms with Crippen LogP contribution in [0.3, 0.4) is 0 Å². The molecule has 1 aromatic carbocycles. The third kappa shape index (κ3) is 9.47. The summed E-state index contributed by atoms with van der Waals surface area (Å²) in [6.45, 7) is 10.5. The third-order valence-corrected chi connectivity index (χ3v) is 6.66. The number of carbonyl (C=O) groups excluding carboxylic acids is 3. The summed E-state index contributed by atoms with van der Waals surface area (Å²) in [5.74, 6) is -1.07. The summed E-state index contributed by atoms with van der Waals surface area (Å²) in [7, 11) is 0. The number of hydrazine groups is 1. The first kappa shape index (κ1) is 32.0. The lowest BCUT2D eigenvalue weighted by molar-refractivity contribution is -0.842. The molecule has 12 heteroatoms. The molecule has 2 unspecified atom stereocenters. The Morgan fingerprint density at radius 3 is 2.36 bits per heavy atom. The van der Waals surface area contributed by atoms with E-state index in [0.29, 0.717) is 45.4 Å². The second-order valence-electron chi connectivity index (χ2n) is 10.1. The number of rotatable bonds is 11. The number of piperazine rings is 1. The van der Waals surface area contributed by atoms with Crippen molar-refractivity contribution in [2.75, 3.05) is 32.8 Å². The summed E-state index contributed by atoms with van der Waals surface area (Å²) in [4.78, 5) is 58.5. The Kier molecular flexibility index (Phi) is 12.6. The largest absolute Gasteiger partial charge is 0.461 e. The van der Waals surface area contributed by atoms with Crippen LogP contribution in [0.5, 0.6) is 0 Å². The van der Waals surface area contributed by atoms with Crippen LogP contribution in [0.25, 0.3) is 0 Å². The van der Waals surface area contributed by atoms with Crippen molar-refractivity contribution in [3.8, 4) is 0 Å². The maximum Gasteiger partial charge on any atom is 0.358 e. The Labute approximate surface area is 230 Å². The molecule has 2 heterocycles. The Bertz CT molecular complexity index is 954. The molecule has 12 nitrogen and oxygen atoms in total. The van der Waals surface area contributed by atoms with Crippen molar-refractivity contribution in [2.24, 2.45) is 0 Å². The summed E-state index contributed by atoms with van der Waals surface area (Å²) in [5, 5.41) is 11.0. The van der Waals surface area contributed by atoms with Gasteiger partial charge in [0.05, 0.1) is 0 Å². The number of aliphatic hydroxyl groups excluding tert-OH is 1. The highest BCUT2D eigenvalue weighted by molar-refractivity contribution is 5.90. The molecule has 2 amide bonds. The fourth-order valence-electron chi connectivity index (χ4n) is 4.49. The molecule has 2 saturated heterocycles. The SMILES string of the molecule is CC(C)O.CCC(CC)OC(=O)C(C)N[N+](=O)OCC(=O)N1CCN(Cc2ccccc2)C2(CCNC2=O)C1. The number of hydrogen-bond acceptors (Lipinski definition) is 8. The number of aliphatic hydroxyl groups is 1. The first-order valence-corrected chi connectivity index (χ1v) is 13.6. The molecule has 0 aliphatic carbocycles. The summed E-state index contributed by atoms with van der Waals surface area (Å²) in [6.07, 6.45) is 1.57. The van der Waals surface area contributed by atoms with Gasteiger partial charge >= 0.3 is 11.0 Å². The number of esters is 1. The van der Waals surface area contributed by atoms with Crippen molar-refractivity contribution >= 4 is 17.8 Å². The molecular weight excluding hydrogens is 506 g/mol. The summed E-state index contributed by atoms with van der Waals surface area (Å²) < 4.78 is 5.31. The number of amides is 2. The monoisotopic (exact) mass is 550 g/mol. The van der Waals surface area contributed by atoms with Gasteiger partial charge < -0.3 is 20.1 Å². The lowest BCUT2D eigenvalue weighted by atomic mass is 9.91. The Balaban J connectivity index is 0.00000124. The smallest absolute Gasteiger partial charge is 0.358 e. The van der Waals surface area contributed by atoms with E-state index in [1.165, 1.54) is 6.92 Å². The molecule has 218 valence electrons. The average Bonchev–Trinajstić information content (AvgIpc) is 3.26. The highest BCUT2D eigenvalue weighted by Crippen LogP contribution is 2.30. The average molecular weight is 551 g/mol. The Hall–Kier alpha value is -3.25. The van der Waals surface area contributed by atoms with Crippen LogP contribution in [0, 0.1) is 4.91 Å². The molecule has 0 saturated carbocycles. The standard InChI is InChI=1S/C24H35N5O6.C3H8O/c1-4-20(5-2)35-22(31)18(3)26-29(33)34-16-21(30)27-13-14-28(15-19-9-7-6-8-10-19)24(17-27)11-12-25-23(24)32;1-3(2)4/h6-10,18,20H,4-5,11-17H2,1-3H3,(H-,25,26,32,33);3-4H,1-2H3/p+1. The number of carbonyl (C=O) groups is 3. The van der Waals surface area contributed by atoms with Crippen molar-refractivity contribution in [1.82, 2.24) is 20.5 Å². The van der Waals surface area contributed by atoms with Gasteiger partial charge in [-0.3, -0.25) is 14.5 Å². The van der Waals surface area contributed by atoms with Crippen molar-refractivity contribution in [1.29, 1.82) is 0 Å². The van der Waals surface area contributed by atoms with E-state index in [1.54, 1.807) is 18.7 Å². The molecule has 3 rings (SSSR count). The van der Waals surface area contributed by atoms with Crippen molar-refractivity contribution in [2.45, 2.75) is 84.2 Å². The number of ether oxygens (including phenoxy) is 1. The van der Waals surface area contributed by atoms with Crippen molar-refractivity contribution in [3.05, 3.63) is 40.8 Å². The van der Waals surface area contributed by atoms with E-state index >= 15 is 0 Å². The molecule has 1 spiro atoms. The molecule has 2 aliphatic rings. The number of nitrogens with zero attached hydrogens (tertiary/aromatic N) is 3. The zero-order valence-corrected chi connectivity index (χ0v) is 23.7. The predicted molar refractivity (Wildman–Crippen MR) is 144 cm³/mol. The fraction of sp³-hybridized carbons (Fsp3) is 0.667. The minimum absolute atomic E-state index is 0.0143. The minimum Gasteiger partial charge on any atom is -0.461 e. The van der Waals surface area contributed by atoms with Gasteiger partial charge in [-0.25, -0.2) is 4.79 Å². The number of benzene rings is 1. The van der Waals surface area contributed by atoms with Gasteiger partial charge in [0.15, 0.2) is 6.04 Å². The van der Waals surface area contributed by atoms with E-state index in [-0.39, 0.29) is 29.7 Å². The molecule has 2 atom stereocenters. The van der Waals surface area contributed by atoms with Gasteiger partial charge in [-0.15, -0.1) is 0 Å². The molecule has 2 aliphatic heterocycles. The fourth-order valence-corrected chi connectivity index (χ4v) is 4.49. The highest BCUT2D eigenvalue weighted by Gasteiger charge is 2.51. The zero-order chi connectivity index (χ0) is 29.0. The van der Waals surface area contributed by atoms with E-state index < -0.39 is 30.1 Å². The van der Waals surface area contributed by atoms with Crippen molar-refractivity contribution < 1.29 is 34.1 Å². The summed E-state index contributed by atoms with van der Waals surface area (Å²) in [5.41, 5.74) is 2.60. The van der Waals surface area contributed by atoms with Crippen LogP contribution in [0.2, 0.25) is 0 Å². The van der Waals surface area contributed by atoms with E-state index in [9.17, 15) is 19.3 Å².